The molecule has 1 rings (SSSR count). The molecule has 1 heterocycles. The first kappa shape index (κ1) is 16.4. The monoisotopic (exact) mass is 270 g/mol. The van der Waals surface area contributed by atoms with Gasteiger partial charge in [-0.05, 0) is 18.3 Å². The second-order valence-electron chi connectivity index (χ2n) is 6.21. The van der Waals surface area contributed by atoms with Crippen LogP contribution in [0.15, 0.2) is 0 Å². The van der Waals surface area contributed by atoms with E-state index in [1.165, 1.54) is 0 Å². The van der Waals surface area contributed by atoms with Crippen molar-refractivity contribution in [2.45, 2.75) is 65.7 Å². The summed E-state index contributed by atoms with van der Waals surface area (Å²) in [5.74, 6) is 0.965. The Hall–Kier alpha value is -0.610. The molecule has 1 aliphatic rings. The topological polar surface area (TPSA) is 41.6 Å². The predicted octanol–water partition coefficient (Wildman–Crippen LogP) is 2.24. The molecule has 0 aliphatic carbocycles. The maximum Gasteiger partial charge on any atom is 0.241 e. The fourth-order valence-electron chi connectivity index (χ4n) is 2.81. The zero-order chi connectivity index (χ0) is 14.6. The molecule has 19 heavy (non-hydrogen) atoms. The molecule has 0 aromatic heterocycles. The van der Waals surface area contributed by atoms with Crippen LogP contribution in [0.25, 0.3) is 0 Å². The maximum absolute atomic E-state index is 12.7. The number of rotatable bonds is 7. The van der Waals surface area contributed by atoms with Crippen molar-refractivity contribution < 1.29 is 9.53 Å². The summed E-state index contributed by atoms with van der Waals surface area (Å²) < 4.78 is 5.33. The van der Waals surface area contributed by atoms with Crippen LogP contribution in [-0.2, 0) is 9.53 Å². The Bertz CT molecular complexity index is 292. The summed E-state index contributed by atoms with van der Waals surface area (Å²) in [6.07, 6.45) is 2.24. The minimum atomic E-state index is -0.0466. The number of hydrogen-bond acceptors (Lipinski definition) is 3. The molecule has 3 atom stereocenters. The predicted molar refractivity (Wildman–Crippen MR) is 77.8 cm³/mol. The van der Waals surface area contributed by atoms with Gasteiger partial charge < -0.3 is 9.64 Å². The van der Waals surface area contributed by atoms with Crippen LogP contribution in [0.4, 0.5) is 0 Å². The Labute approximate surface area is 117 Å². The van der Waals surface area contributed by atoms with Crippen molar-refractivity contribution in [2.75, 3.05) is 13.7 Å². The average molecular weight is 270 g/mol. The Morgan fingerprint density at radius 3 is 2.37 bits per heavy atom. The Kier molecular flexibility index (Phi) is 6.27. The van der Waals surface area contributed by atoms with Gasteiger partial charge in [-0.3, -0.25) is 10.1 Å². The molecule has 112 valence electrons. The van der Waals surface area contributed by atoms with E-state index in [9.17, 15) is 4.79 Å². The number of methoxy groups -OCH3 is 1. The van der Waals surface area contributed by atoms with E-state index in [4.69, 9.17) is 4.74 Å². The zero-order valence-electron chi connectivity index (χ0n) is 13.3. The first-order chi connectivity index (χ1) is 8.93. The molecule has 0 radical (unpaired) electrons. The molecule has 1 N–H and O–H groups in total. The second kappa shape index (κ2) is 7.25. The van der Waals surface area contributed by atoms with Gasteiger partial charge in [0.15, 0.2) is 0 Å². The molecular formula is C15H30N2O2. The fraction of sp³-hybridized carbons (Fsp3) is 0.933. The number of nitrogens with zero attached hydrogens (tertiary/aromatic N) is 1. The second-order valence-corrected chi connectivity index (χ2v) is 6.21. The summed E-state index contributed by atoms with van der Waals surface area (Å²) in [5.41, 5.74) is 0. The van der Waals surface area contributed by atoms with E-state index in [-0.39, 0.29) is 24.2 Å². The number of nitrogens with one attached hydrogen (secondary N) is 1. The van der Waals surface area contributed by atoms with Gasteiger partial charge in [-0.25, -0.2) is 0 Å². The van der Waals surface area contributed by atoms with Crippen molar-refractivity contribution in [1.29, 1.82) is 0 Å². The highest BCUT2D eigenvalue weighted by atomic mass is 16.5. The molecule has 1 aliphatic heterocycles. The molecule has 4 heteroatoms. The molecule has 0 aromatic carbocycles. The first-order valence-electron chi connectivity index (χ1n) is 7.51. The van der Waals surface area contributed by atoms with Crippen molar-refractivity contribution in [2.24, 2.45) is 11.8 Å². The van der Waals surface area contributed by atoms with Gasteiger partial charge in [0.2, 0.25) is 5.91 Å². The number of hydrogen-bond donors (Lipinski definition) is 1. The molecule has 3 unspecified atom stereocenters. The van der Waals surface area contributed by atoms with Crippen molar-refractivity contribution in [3.05, 3.63) is 0 Å². The van der Waals surface area contributed by atoms with Gasteiger partial charge >= 0.3 is 0 Å². The highest BCUT2D eigenvalue weighted by molar-refractivity contribution is 5.85. The number of amides is 1. The molecule has 0 aromatic rings. The van der Waals surface area contributed by atoms with Crippen LogP contribution < -0.4 is 5.32 Å². The van der Waals surface area contributed by atoms with Crippen LogP contribution in [0.5, 0.6) is 0 Å². The lowest BCUT2D eigenvalue weighted by atomic mass is 10.0. The number of carbonyl (C=O) groups is 1. The van der Waals surface area contributed by atoms with Crippen LogP contribution in [0.3, 0.4) is 0 Å². The summed E-state index contributed by atoms with van der Waals surface area (Å²) in [6, 6.07) is 0.111. The van der Waals surface area contributed by atoms with Crippen LogP contribution in [0, 0.1) is 11.8 Å². The SMILES string of the molecule is CCCC1NC(C(C)C)C(=O)N1C(COC)C(C)C. The molecule has 4 nitrogen and oxygen atoms in total. The lowest BCUT2D eigenvalue weighted by Gasteiger charge is -2.35. The largest absolute Gasteiger partial charge is 0.383 e. The Balaban J connectivity index is 2.94. The van der Waals surface area contributed by atoms with Gasteiger partial charge in [0.25, 0.3) is 0 Å². The van der Waals surface area contributed by atoms with E-state index in [0.29, 0.717) is 18.4 Å². The molecule has 0 bridgehead atoms. The Morgan fingerprint density at radius 1 is 1.32 bits per heavy atom. The van der Waals surface area contributed by atoms with Crippen molar-refractivity contribution in [3.63, 3.8) is 0 Å². The summed E-state index contributed by atoms with van der Waals surface area (Å²) >= 11 is 0. The zero-order valence-corrected chi connectivity index (χ0v) is 13.3. The van der Waals surface area contributed by atoms with Crippen LogP contribution >= 0.6 is 0 Å². The van der Waals surface area contributed by atoms with E-state index in [1.807, 2.05) is 4.90 Å². The molecule has 1 amide bonds. The summed E-state index contributed by atoms with van der Waals surface area (Å²) in [4.78, 5) is 14.7. The average Bonchev–Trinajstić information content (AvgIpc) is 2.64. The number of carbonyl (C=O) groups excluding carboxylic acids is 1. The normalized spacial score (nSPS) is 25.7. The molecule has 0 spiro atoms. The van der Waals surface area contributed by atoms with Gasteiger partial charge in [0.1, 0.15) is 0 Å². The van der Waals surface area contributed by atoms with Crippen molar-refractivity contribution >= 4 is 5.91 Å². The first-order valence-corrected chi connectivity index (χ1v) is 7.51. The minimum absolute atomic E-state index is 0.0466. The van der Waals surface area contributed by atoms with Crippen LogP contribution in [0.2, 0.25) is 0 Å². The minimum Gasteiger partial charge on any atom is -0.383 e. The molecule has 1 saturated heterocycles. The van der Waals surface area contributed by atoms with Crippen LogP contribution in [-0.4, -0.2) is 42.8 Å². The molecule has 1 fully saturated rings. The highest BCUT2D eigenvalue weighted by Gasteiger charge is 2.43. The van der Waals surface area contributed by atoms with E-state index in [0.717, 1.165) is 12.8 Å². The van der Waals surface area contributed by atoms with Crippen molar-refractivity contribution in [1.82, 2.24) is 10.2 Å². The van der Waals surface area contributed by atoms with Crippen molar-refractivity contribution in [3.8, 4) is 0 Å². The molecule has 0 saturated carbocycles. The van der Waals surface area contributed by atoms with Gasteiger partial charge in [-0.15, -0.1) is 0 Å². The highest BCUT2D eigenvalue weighted by Crippen LogP contribution is 2.25. The van der Waals surface area contributed by atoms with E-state index in [2.05, 4.69) is 39.9 Å². The van der Waals surface area contributed by atoms with Gasteiger partial charge in [0, 0.05) is 7.11 Å². The lowest BCUT2D eigenvalue weighted by molar-refractivity contribution is -0.135. The summed E-state index contributed by atoms with van der Waals surface area (Å²) in [5, 5.41) is 3.51. The Morgan fingerprint density at radius 2 is 1.95 bits per heavy atom. The third-order valence-corrected chi connectivity index (χ3v) is 3.92. The third-order valence-electron chi connectivity index (χ3n) is 3.92. The summed E-state index contributed by atoms with van der Waals surface area (Å²) in [7, 11) is 1.71. The van der Waals surface area contributed by atoms with E-state index >= 15 is 0 Å². The standard InChI is InChI=1S/C15H30N2O2/c1-7-8-13-16-14(11(4)5)15(18)17(13)12(9-19-6)10(2)3/h10-14,16H,7-9H2,1-6H3. The van der Waals surface area contributed by atoms with Gasteiger partial charge in [-0.2, -0.15) is 0 Å². The quantitative estimate of drug-likeness (QED) is 0.771. The van der Waals surface area contributed by atoms with E-state index in [1.54, 1.807) is 7.11 Å². The smallest absolute Gasteiger partial charge is 0.241 e. The maximum atomic E-state index is 12.7. The number of ether oxygens (including phenoxy) is 1. The van der Waals surface area contributed by atoms with Gasteiger partial charge in [0.05, 0.1) is 24.9 Å². The van der Waals surface area contributed by atoms with Crippen LogP contribution in [0.1, 0.15) is 47.5 Å². The van der Waals surface area contributed by atoms with E-state index < -0.39 is 0 Å². The van der Waals surface area contributed by atoms with Gasteiger partial charge in [-0.1, -0.05) is 41.0 Å². The third kappa shape index (κ3) is 3.69. The lowest BCUT2D eigenvalue weighted by Crippen LogP contribution is -2.49. The molecular weight excluding hydrogens is 240 g/mol. The summed E-state index contributed by atoms with van der Waals surface area (Å²) in [6.45, 7) is 11.3. The fourth-order valence-corrected chi connectivity index (χ4v) is 2.81.